The van der Waals surface area contributed by atoms with Crippen molar-refractivity contribution in [2.24, 2.45) is 16.7 Å². The van der Waals surface area contributed by atoms with E-state index in [4.69, 9.17) is 0 Å². The molecule has 2 aliphatic heterocycles. The van der Waals surface area contributed by atoms with E-state index in [2.05, 4.69) is 24.1 Å². The first kappa shape index (κ1) is 22.7. The van der Waals surface area contributed by atoms with E-state index in [-0.39, 0.29) is 34.5 Å². The Labute approximate surface area is 169 Å². The van der Waals surface area contributed by atoms with Crippen molar-refractivity contribution < 1.29 is 14.4 Å². The molecular formula is C21H38N4O3. The molecule has 2 fully saturated rings. The molecule has 0 aliphatic carbocycles. The van der Waals surface area contributed by atoms with E-state index in [9.17, 15) is 14.4 Å². The van der Waals surface area contributed by atoms with Crippen molar-refractivity contribution in [2.75, 3.05) is 46.3 Å². The Morgan fingerprint density at radius 1 is 1.11 bits per heavy atom. The first-order valence-electron chi connectivity index (χ1n) is 10.3. The van der Waals surface area contributed by atoms with Crippen LogP contribution in [0.2, 0.25) is 0 Å². The number of nitrogens with zero attached hydrogens (tertiary/aromatic N) is 3. The molecular weight excluding hydrogens is 356 g/mol. The van der Waals surface area contributed by atoms with E-state index < -0.39 is 5.54 Å². The molecule has 0 spiro atoms. The van der Waals surface area contributed by atoms with Gasteiger partial charge in [-0.05, 0) is 19.8 Å². The normalized spacial score (nSPS) is 29.5. The lowest BCUT2D eigenvalue weighted by atomic mass is 9.71. The third-order valence-electron chi connectivity index (χ3n) is 7.26. The van der Waals surface area contributed by atoms with Crippen molar-refractivity contribution in [3.05, 3.63) is 0 Å². The lowest BCUT2D eigenvalue weighted by molar-refractivity contribution is -0.142. The van der Waals surface area contributed by atoms with Gasteiger partial charge in [-0.15, -0.1) is 0 Å². The highest BCUT2D eigenvalue weighted by Gasteiger charge is 2.59. The number of likely N-dealkylation sites (N-methyl/N-ethyl adjacent to an activating group) is 1. The first-order chi connectivity index (χ1) is 12.8. The van der Waals surface area contributed by atoms with Gasteiger partial charge in [0.25, 0.3) is 0 Å². The zero-order valence-corrected chi connectivity index (χ0v) is 18.9. The van der Waals surface area contributed by atoms with Crippen molar-refractivity contribution in [2.45, 2.75) is 54.0 Å². The highest BCUT2D eigenvalue weighted by molar-refractivity contribution is 5.91. The lowest BCUT2D eigenvalue weighted by Crippen LogP contribution is -2.60. The second kappa shape index (κ2) is 7.65. The van der Waals surface area contributed by atoms with E-state index in [1.54, 1.807) is 4.90 Å². The van der Waals surface area contributed by atoms with E-state index in [1.807, 2.05) is 39.6 Å². The second-order valence-corrected chi connectivity index (χ2v) is 9.87. The summed E-state index contributed by atoms with van der Waals surface area (Å²) in [7, 11) is 1.83. The van der Waals surface area contributed by atoms with Crippen LogP contribution in [0.3, 0.4) is 0 Å². The van der Waals surface area contributed by atoms with Crippen molar-refractivity contribution in [1.29, 1.82) is 0 Å². The van der Waals surface area contributed by atoms with Gasteiger partial charge in [0, 0.05) is 57.5 Å². The van der Waals surface area contributed by atoms with Crippen LogP contribution in [-0.2, 0) is 14.4 Å². The van der Waals surface area contributed by atoms with E-state index >= 15 is 0 Å². The number of carbonyl (C=O) groups is 3. The van der Waals surface area contributed by atoms with Crippen LogP contribution in [0.1, 0.15) is 48.5 Å². The molecule has 2 heterocycles. The molecule has 0 radical (unpaired) electrons. The van der Waals surface area contributed by atoms with Gasteiger partial charge in [-0.25, -0.2) is 0 Å². The average Bonchev–Trinajstić information content (AvgIpc) is 2.95. The molecule has 28 heavy (non-hydrogen) atoms. The molecule has 0 bridgehead atoms. The van der Waals surface area contributed by atoms with Crippen LogP contribution in [0, 0.1) is 16.7 Å². The minimum atomic E-state index is -0.906. The number of hydrogen-bond donors (Lipinski definition) is 1. The maximum Gasteiger partial charge on any atom is 0.248 e. The molecule has 160 valence electrons. The van der Waals surface area contributed by atoms with Crippen molar-refractivity contribution >= 4 is 17.7 Å². The molecule has 2 aliphatic rings. The van der Waals surface area contributed by atoms with Gasteiger partial charge in [0.2, 0.25) is 17.7 Å². The maximum absolute atomic E-state index is 13.4. The van der Waals surface area contributed by atoms with Crippen LogP contribution in [0.25, 0.3) is 0 Å². The minimum absolute atomic E-state index is 0.0105. The number of amides is 3. The number of carbonyl (C=O) groups excluding carboxylic acids is 3. The Hall–Kier alpha value is -1.63. The van der Waals surface area contributed by atoms with Crippen molar-refractivity contribution in [3.8, 4) is 0 Å². The Balaban J connectivity index is 2.13. The number of nitrogens with one attached hydrogen (secondary N) is 1. The van der Waals surface area contributed by atoms with Crippen molar-refractivity contribution in [3.63, 3.8) is 0 Å². The number of likely N-dealkylation sites (tertiary alicyclic amines) is 2. The molecule has 1 unspecified atom stereocenters. The minimum Gasteiger partial charge on any atom is -0.345 e. The summed E-state index contributed by atoms with van der Waals surface area (Å²) in [5.74, 6) is -0.0710. The highest BCUT2D eigenvalue weighted by atomic mass is 16.2. The van der Waals surface area contributed by atoms with Gasteiger partial charge in [-0.1, -0.05) is 27.7 Å². The molecule has 2 saturated heterocycles. The van der Waals surface area contributed by atoms with Gasteiger partial charge in [0.1, 0.15) is 5.54 Å². The van der Waals surface area contributed by atoms with E-state index in [0.717, 1.165) is 13.1 Å². The molecule has 3 atom stereocenters. The summed E-state index contributed by atoms with van der Waals surface area (Å²) in [6.07, 6.45) is 0. The summed E-state index contributed by atoms with van der Waals surface area (Å²) in [6.45, 7) is 17.7. The van der Waals surface area contributed by atoms with E-state index in [1.165, 1.54) is 6.92 Å². The fourth-order valence-electron chi connectivity index (χ4n) is 4.69. The maximum atomic E-state index is 13.4. The Morgan fingerprint density at radius 2 is 1.61 bits per heavy atom. The third-order valence-corrected chi connectivity index (χ3v) is 7.26. The third kappa shape index (κ3) is 3.91. The quantitative estimate of drug-likeness (QED) is 0.734. The summed E-state index contributed by atoms with van der Waals surface area (Å²) in [5.41, 5.74) is -1.04. The predicted octanol–water partition coefficient (Wildman–Crippen LogP) is 1.19. The summed E-state index contributed by atoms with van der Waals surface area (Å²) >= 11 is 0. The lowest BCUT2D eigenvalue weighted by Gasteiger charge is -2.37. The molecule has 1 N–H and O–H groups in total. The Morgan fingerprint density at radius 3 is 2.00 bits per heavy atom. The van der Waals surface area contributed by atoms with Crippen LogP contribution in [0.4, 0.5) is 0 Å². The summed E-state index contributed by atoms with van der Waals surface area (Å²) < 4.78 is 0. The fourth-order valence-corrected chi connectivity index (χ4v) is 4.69. The molecule has 0 aromatic rings. The molecule has 3 amide bonds. The number of rotatable bonds is 6. The van der Waals surface area contributed by atoms with Gasteiger partial charge in [-0.2, -0.15) is 0 Å². The predicted molar refractivity (Wildman–Crippen MR) is 110 cm³/mol. The molecule has 0 saturated carbocycles. The smallest absolute Gasteiger partial charge is 0.248 e. The van der Waals surface area contributed by atoms with Crippen LogP contribution < -0.4 is 5.32 Å². The first-order valence-corrected chi connectivity index (χ1v) is 10.3. The molecule has 2 rings (SSSR count). The van der Waals surface area contributed by atoms with E-state index in [0.29, 0.717) is 26.2 Å². The molecule has 0 aromatic heterocycles. The van der Waals surface area contributed by atoms with Crippen LogP contribution >= 0.6 is 0 Å². The van der Waals surface area contributed by atoms with Gasteiger partial charge >= 0.3 is 0 Å². The fraction of sp³-hybridized carbons (Fsp3) is 0.857. The highest BCUT2D eigenvalue weighted by Crippen LogP contribution is 2.51. The zero-order valence-electron chi connectivity index (χ0n) is 18.9. The number of hydrogen-bond acceptors (Lipinski definition) is 4. The standard InChI is InChI=1S/C21H38N4O3/c1-9-23(8)17(27)10-24-11-19(5)13-25(14-20(19,6)12-24)18(28)21(7,15(2)3)22-16(4)26/h15H,9-14H2,1-8H3,(H,22,26)/t19-,20+,21?. The Kier molecular flexibility index (Phi) is 6.19. The largest absolute Gasteiger partial charge is 0.345 e. The summed E-state index contributed by atoms with van der Waals surface area (Å²) in [4.78, 5) is 43.3. The van der Waals surface area contributed by atoms with Gasteiger partial charge < -0.3 is 15.1 Å². The number of fused-ring (bicyclic) bond motifs is 1. The van der Waals surface area contributed by atoms with Crippen molar-refractivity contribution in [1.82, 2.24) is 20.0 Å². The zero-order chi connectivity index (χ0) is 21.5. The molecule has 0 aromatic carbocycles. The Bertz CT molecular complexity index is 632. The van der Waals surface area contributed by atoms with Gasteiger partial charge in [0.05, 0.1) is 6.54 Å². The van der Waals surface area contributed by atoms with Gasteiger partial charge in [-0.3, -0.25) is 19.3 Å². The summed E-state index contributed by atoms with van der Waals surface area (Å²) in [5, 5.41) is 2.89. The van der Waals surface area contributed by atoms with Crippen LogP contribution in [-0.4, -0.2) is 84.3 Å². The van der Waals surface area contributed by atoms with Crippen LogP contribution in [0.5, 0.6) is 0 Å². The topological polar surface area (TPSA) is 73.0 Å². The molecule has 7 nitrogen and oxygen atoms in total. The summed E-state index contributed by atoms with van der Waals surface area (Å²) in [6, 6.07) is 0. The monoisotopic (exact) mass is 394 g/mol. The SMILES string of the molecule is CCN(C)C(=O)CN1C[C@@]2(C)CN(C(=O)C(C)(NC(C)=O)C(C)C)C[C@@]2(C)C1. The van der Waals surface area contributed by atoms with Gasteiger partial charge in [0.15, 0.2) is 0 Å². The molecule has 7 heteroatoms. The second-order valence-electron chi connectivity index (χ2n) is 9.87. The average molecular weight is 395 g/mol. The van der Waals surface area contributed by atoms with Crippen LogP contribution in [0.15, 0.2) is 0 Å².